The molecule has 124 valence electrons. The van der Waals surface area contributed by atoms with Gasteiger partial charge in [0, 0.05) is 17.4 Å². The van der Waals surface area contributed by atoms with Crippen molar-refractivity contribution in [3.8, 4) is 0 Å². The van der Waals surface area contributed by atoms with E-state index in [-0.39, 0.29) is 43.4 Å². The molecule has 0 saturated carbocycles. The maximum atomic E-state index is 12.1. The van der Waals surface area contributed by atoms with Crippen LogP contribution in [0.1, 0.15) is 37.8 Å². The van der Waals surface area contributed by atoms with E-state index in [0.29, 0.717) is 6.42 Å². The van der Waals surface area contributed by atoms with Crippen molar-refractivity contribution in [2.45, 2.75) is 32.2 Å². The van der Waals surface area contributed by atoms with Crippen molar-refractivity contribution >= 4 is 33.8 Å². The second kappa shape index (κ2) is 8.10. The third-order valence-corrected chi connectivity index (χ3v) is 4.27. The van der Waals surface area contributed by atoms with Gasteiger partial charge in [-0.3, -0.25) is 14.5 Å². The highest BCUT2D eigenvalue weighted by atomic mass is 79.9. The van der Waals surface area contributed by atoms with Crippen LogP contribution in [0, 0.1) is 0 Å². The van der Waals surface area contributed by atoms with Crippen LogP contribution >= 0.6 is 15.9 Å². The van der Waals surface area contributed by atoms with E-state index in [2.05, 4.69) is 26.6 Å². The van der Waals surface area contributed by atoms with Crippen LogP contribution in [0.3, 0.4) is 0 Å². The second-order valence-electron chi connectivity index (χ2n) is 5.39. The summed E-state index contributed by atoms with van der Waals surface area (Å²) in [5.74, 6) is -0.316. The molecule has 1 saturated heterocycles. The highest BCUT2D eigenvalue weighted by Gasteiger charge is 2.27. The molecule has 0 aliphatic carbocycles. The van der Waals surface area contributed by atoms with Gasteiger partial charge in [0.05, 0.1) is 12.6 Å². The molecule has 1 fully saturated rings. The van der Waals surface area contributed by atoms with Gasteiger partial charge >= 0.3 is 6.03 Å². The van der Waals surface area contributed by atoms with Crippen LogP contribution in [0.2, 0.25) is 0 Å². The standard InChI is InChI=1S/C16H20BrN3O3/c1-2-13(11-5-7-12(17)8-6-11)19-14(21)4-3-9-20-15(22)10-18-16(20)23/h5-8,13H,2-4,9-10H2,1H3,(H,18,23)(H,19,21). The minimum Gasteiger partial charge on any atom is -0.349 e. The van der Waals surface area contributed by atoms with Crippen LogP contribution < -0.4 is 10.6 Å². The number of imide groups is 1. The number of benzene rings is 1. The van der Waals surface area contributed by atoms with Crippen molar-refractivity contribution in [2.75, 3.05) is 13.1 Å². The Morgan fingerprint density at radius 3 is 2.61 bits per heavy atom. The Morgan fingerprint density at radius 1 is 1.35 bits per heavy atom. The fourth-order valence-electron chi connectivity index (χ4n) is 2.46. The van der Waals surface area contributed by atoms with E-state index in [1.807, 2.05) is 31.2 Å². The predicted molar refractivity (Wildman–Crippen MR) is 89.7 cm³/mol. The van der Waals surface area contributed by atoms with Crippen LogP contribution in [-0.2, 0) is 9.59 Å². The Kier molecular flexibility index (Phi) is 6.15. The Morgan fingerprint density at radius 2 is 2.04 bits per heavy atom. The molecule has 2 N–H and O–H groups in total. The quantitative estimate of drug-likeness (QED) is 0.711. The Bertz CT molecular complexity index is 573. The predicted octanol–water partition coefficient (Wildman–Crippen LogP) is 2.35. The Labute approximate surface area is 143 Å². The van der Waals surface area contributed by atoms with Gasteiger partial charge in [0.2, 0.25) is 11.8 Å². The van der Waals surface area contributed by atoms with E-state index in [1.54, 1.807) is 0 Å². The first-order valence-electron chi connectivity index (χ1n) is 7.64. The molecule has 1 heterocycles. The summed E-state index contributed by atoms with van der Waals surface area (Å²) in [7, 11) is 0. The van der Waals surface area contributed by atoms with Crippen molar-refractivity contribution in [1.82, 2.24) is 15.5 Å². The molecule has 6 nitrogen and oxygen atoms in total. The molecule has 1 unspecified atom stereocenters. The van der Waals surface area contributed by atoms with Crippen molar-refractivity contribution < 1.29 is 14.4 Å². The fraction of sp³-hybridized carbons (Fsp3) is 0.438. The lowest BCUT2D eigenvalue weighted by Crippen LogP contribution is -2.33. The van der Waals surface area contributed by atoms with Gasteiger partial charge < -0.3 is 10.6 Å². The molecule has 0 radical (unpaired) electrons. The van der Waals surface area contributed by atoms with E-state index in [4.69, 9.17) is 0 Å². The van der Waals surface area contributed by atoms with Gasteiger partial charge in [-0.15, -0.1) is 0 Å². The zero-order chi connectivity index (χ0) is 16.8. The smallest absolute Gasteiger partial charge is 0.324 e. The molecule has 23 heavy (non-hydrogen) atoms. The number of hydrogen-bond donors (Lipinski definition) is 2. The molecule has 7 heteroatoms. The minimum absolute atomic E-state index is 0.0349. The minimum atomic E-state index is -0.378. The van der Waals surface area contributed by atoms with E-state index in [0.717, 1.165) is 21.4 Å². The zero-order valence-electron chi connectivity index (χ0n) is 13.0. The number of nitrogens with zero attached hydrogens (tertiary/aromatic N) is 1. The van der Waals surface area contributed by atoms with E-state index < -0.39 is 0 Å². The first-order chi connectivity index (χ1) is 11.0. The molecular formula is C16H20BrN3O3. The maximum Gasteiger partial charge on any atom is 0.324 e. The number of hydrogen-bond acceptors (Lipinski definition) is 3. The van der Waals surface area contributed by atoms with Gasteiger partial charge in [-0.1, -0.05) is 35.0 Å². The number of carbonyl (C=O) groups is 3. The van der Waals surface area contributed by atoms with Crippen molar-refractivity contribution in [3.05, 3.63) is 34.3 Å². The number of rotatable bonds is 7. The monoisotopic (exact) mass is 381 g/mol. The van der Waals surface area contributed by atoms with Crippen molar-refractivity contribution in [1.29, 1.82) is 0 Å². The number of urea groups is 1. The van der Waals surface area contributed by atoms with Crippen LogP contribution in [0.15, 0.2) is 28.7 Å². The van der Waals surface area contributed by atoms with Gasteiger partial charge in [0.1, 0.15) is 0 Å². The zero-order valence-corrected chi connectivity index (χ0v) is 14.6. The van der Waals surface area contributed by atoms with Crippen molar-refractivity contribution in [2.24, 2.45) is 0 Å². The van der Waals surface area contributed by atoms with Gasteiger partial charge in [-0.25, -0.2) is 4.79 Å². The van der Waals surface area contributed by atoms with Crippen molar-refractivity contribution in [3.63, 3.8) is 0 Å². The molecule has 0 spiro atoms. The second-order valence-corrected chi connectivity index (χ2v) is 6.30. The Balaban J connectivity index is 1.80. The van der Waals surface area contributed by atoms with Gasteiger partial charge in [0.25, 0.3) is 0 Å². The van der Waals surface area contributed by atoms with Crippen LogP contribution in [0.25, 0.3) is 0 Å². The number of amides is 4. The van der Waals surface area contributed by atoms with Gasteiger partial charge in [0.15, 0.2) is 0 Å². The summed E-state index contributed by atoms with van der Waals surface area (Å²) < 4.78 is 0.996. The SMILES string of the molecule is CCC(NC(=O)CCCN1C(=O)CNC1=O)c1ccc(Br)cc1. The third kappa shape index (κ3) is 4.79. The topological polar surface area (TPSA) is 78.5 Å². The third-order valence-electron chi connectivity index (χ3n) is 3.74. The number of nitrogens with one attached hydrogen (secondary N) is 2. The lowest BCUT2D eigenvalue weighted by Gasteiger charge is -2.18. The largest absolute Gasteiger partial charge is 0.349 e. The molecule has 0 aromatic heterocycles. The van der Waals surface area contributed by atoms with Gasteiger partial charge in [-0.2, -0.15) is 0 Å². The fourth-order valence-corrected chi connectivity index (χ4v) is 2.73. The van der Waals surface area contributed by atoms with Crippen LogP contribution in [0.4, 0.5) is 4.79 Å². The molecule has 0 bridgehead atoms. The molecule has 1 aliphatic rings. The Hall–Kier alpha value is -1.89. The summed E-state index contributed by atoms with van der Waals surface area (Å²) in [6.45, 7) is 2.33. The van der Waals surface area contributed by atoms with E-state index >= 15 is 0 Å². The normalized spacial score (nSPS) is 15.5. The summed E-state index contributed by atoms with van der Waals surface area (Å²) in [6.07, 6.45) is 1.53. The molecule has 4 amide bonds. The van der Waals surface area contributed by atoms with Crippen LogP contribution in [-0.4, -0.2) is 35.8 Å². The first-order valence-corrected chi connectivity index (χ1v) is 8.43. The summed E-state index contributed by atoms with van der Waals surface area (Å²) in [6, 6.07) is 7.44. The molecular weight excluding hydrogens is 362 g/mol. The number of carbonyl (C=O) groups excluding carboxylic acids is 3. The molecule has 2 rings (SSSR count). The average molecular weight is 382 g/mol. The van der Waals surface area contributed by atoms with E-state index in [9.17, 15) is 14.4 Å². The molecule has 1 aliphatic heterocycles. The lowest BCUT2D eigenvalue weighted by molar-refractivity contribution is -0.126. The highest BCUT2D eigenvalue weighted by molar-refractivity contribution is 9.10. The highest BCUT2D eigenvalue weighted by Crippen LogP contribution is 2.19. The summed E-state index contributed by atoms with van der Waals surface area (Å²) in [5.41, 5.74) is 1.05. The summed E-state index contributed by atoms with van der Waals surface area (Å²) in [4.78, 5) is 36.0. The molecule has 1 atom stereocenters. The maximum absolute atomic E-state index is 12.1. The average Bonchev–Trinajstić information content (AvgIpc) is 2.85. The molecule has 1 aromatic rings. The number of halogens is 1. The molecule has 1 aromatic carbocycles. The lowest BCUT2D eigenvalue weighted by atomic mass is 10.0. The summed E-state index contributed by atoms with van der Waals surface area (Å²) in [5, 5.41) is 5.45. The van der Waals surface area contributed by atoms with E-state index in [1.165, 1.54) is 0 Å². The van der Waals surface area contributed by atoms with Gasteiger partial charge in [-0.05, 0) is 30.5 Å². The summed E-state index contributed by atoms with van der Waals surface area (Å²) >= 11 is 3.39. The van der Waals surface area contributed by atoms with Crippen LogP contribution in [0.5, 0.6) is 0 Å². The first kappa shape index (κ1) is 17.5.